The quantitative estimate of drug-likeness (QED) is 0.922. The fourth-order valence-electron chi connectivity index (χ4n) is 1.87. The van der Waals surface area contributed by atoms with E-state index in [1.165, 1.54) is 18.2 Å². The lowest BCUT2D eigenvalue weighted by Crippen LogP contribution is -2.09. The molecule has 0 spiro atoms. The van der Waals surface area contributed by atoms with E-state index < -0.39 is 11.6 Å². The van der Waals surface area contributed by atoms with Gasteiger partial charge < -0.3 is 5.32 Å². The summed E-state index contributed by atoms with van der Waals surface area (Å²) in [5.74, 6) is -0.858. The van der Waals surface area contributed by atoms with Gasteiger partial charge in [-0.1, -0.05) is 13.0 Å². The van der Waals surface area contributed by atoms with Crippen molar-refractivity contribution in [1.82, 2.24) is 9.97 Å². The molecule has 20 heavy (non-hydrogen) atoms. The Morgan fingerprint density at radius 2 is 1.65 bits per heavy atom. The first-order valence-electron chi connectivity index (χ1n) is 6.58. The van der Waals surface area contributed by atoms with Crippen LogP contribution in [0.4, 0.5) is 14.6 Å². The Bertz CT molecular complexity index is 607. The van der Waals surface area contributed by atoms with Crippen molar-refractivity contribution in [2.24, 2.45) is 0 Å². The van der Waals surface area contributed by atoms with Gasteiger partial charge in [0.15, 0.2) is 5.82 Å². The Labute approximate surface area is 117 Å². The van der Waals surface area contributed by atoms with Crippen LogP contribution in [0.2, 0.25) is 0 Å². The van der Waals surface area contributed by atoms with E-state index in [1.807, 2.05) is 13.8 Å². The fraction of sp³-hybridized carbons (Fsp3) is 0.333. The van der Waals surface area contributed by atoms with Gasteiger partial charge in [-0.2, -0.15) is 0 Å². The lowest BCUT2D eigenvalue weighted by Gasteiger charge is -2.13. The van der Waals surface area contributed by atoms with E-state index in [0.717, 1.165) is 12.1 Å². The van der Waals surface area contributed by atoms with Crippen molar-refractivity contribution in [3.8, 4) is 11.3 Å². The Morgan fingerprint density at radius 1 is 1.05 bits per heavy atom. The minimum absolute atomic E-state index is 0.137. The van der Waals surface area contributed by atoms with Crippen LogP contribution in [0.1, 0.15) is 24.7 Å². The highest BCUT2D eigenvalue weighted by atomic mass is 19.1. The van der Waals surface area contributed by atoms with Gasteiger partial charge in [-0.15, -0.1) is 0 Å². The molecule has 2 aromatic rings. The molecule has 0 atom stereocenters. The molecule has 0 aliphatic carbocycles. The molecule has 0 bridgehead atoms. The van der Waals surface area contributed by atoms with E-state index in [-0.39, 0.29) is 11.3 Å². The lowest BCUT2D eigenvalue weighted by molar-refractivity contribution is 0.588. The van der Waals surface area contributed by atoms with Crippen molar-refractivity contribution in [3.63, 3.8) is 0 Å². The minimum Gasteiger partial charge on any atom is -0.368 e. The van der Waals surface area contributed by atoms with Crippen molar-refractivity contribution in [3.05, 3.63) is 41.2 Å². The standard InChI is InChI=1S/C15H17F2N3/c1-4-8-18-15-14(19-9(2)10(3)20-15)13-11(16)6-5-7-12(13)17/h5-7H,4,8H2,1-3H3,(H,18,20). The summed E-state index contributed by atoms with van der Waals surface area (Å²) < 4.78 is 27.9. The molecule has 1 N–H and O–H groups in total. The molecule has 0 unspecified atom stereocenters. The molecule has 5 heteroatoms. The number of nitrogens with one attached hydrogen (secondary N) is 1. The van der Waals surface area contributed by atoms with Crippen LogP contribution in [0.5, 0.6) is 0 Å². The van der Waals surface area contributed by atoms with Crippen LogP contribution < -0.4 is 5.32 Å². The summed E-state index contributed by atoms with van der Waals surface area (Å²) in [6.07, 6.45) is 0.883. The molecule has 1 aromatic heterocycles. The van der Waals surface area contributed by atoms with Gasteiger partial charge in [0.1, 0.15) is 17.3 Å². The second-order valence-corrected chi connectivity index (χ2v) is 4.62. The zero-order valence-electron chi connectivity index (χ0n) is 11.8. The molecule has 0 aliphatic heterocycles. The van der Waals surface area contributed by atoms with Gasteiger partial charge in [0.05, 0.1) is 17.0 Å². The highest BCUT2D eigenvalue weighted by Crippen LogP contribution is 2.30. The summed E-state index contributed by atoms with van der Waals surface area (Å²) in [6.45, 7) is 6.26. The zero-order valence-corrected chi connectivity index (χ0v) is 11.8. The predicted molar refractivity (Wildman–Crippen MR) is 75.6 cm³/mol. The van der Waals surface area contributed by atoms with Gasteiger partial charge in [-0.25, -0.2) is 18.7 Å². The normalized spacial score (nSPS) is 10.7. The molecule has 1 aromatic carbocycles. The van der Waals surface area contributed by atoms with Crippen molar-refractivity contribution in [1.29, 1.82) is 0 Å². The Kier molecular flexibility index (Phi) is 4.27. The Hall–Kier alpha value is -2.04. The average Bonchev–Trinajstić information content (AvgIpc) is 2.40. The van der Waals surface area contributed by atoms with Crippen molar-refractivity contribution < 1.29 is 8.78 Å². The number of aromatic nitrogens is 2. The molecule has 106 valence electrons. The summed E-state index contributed by atoms with van der Waals surface area (Å²) in [5, 5.41) is 3.08. The number of rotatable bonds is 4. The summed E-state index contributed by atoms with van der Waals surface area (Å²) in [7, 11) is 0. The maximum absolute atomic E-state index is 13.9. The number of hydrogen-bond acceptors (Lipinski definition) is 3. The molecule has 0 saturated heterocycles. The highest BCUT2D eigenvalue weighted by molar-refractivity contribution is 5.72. The van der Waals surface area contributed by atoms with Crippen LogP contribution in [-0.4, -0.2) is 16.5 Å². The Morgan fingerprint density at radius 3 is 2.25 bits per heavy atom. The second kappa shape index (κ2) is 5.94. The first-order valence-corrected chi connectivity index (χ1v) is 6.58. The maximum atomic E-state index is 13.9. The molecule has 0 fully saturated rings. The molecular formula is C15H17F2N3. The van der Waals surface area contributed by atoms with Gasteiger partial charge in [0, 0.05) is 6.54 Å². The van der Waals surface area contributed by atoms with Crippen molar-refractivity contribution >= 4 is 5.82 Å². The topological polar surface area (TPSA) is 37.8 Å². The van der Waals surface area contributed by atoms with Crippen LogP contribution in [0.15, 0.2) is 18.2 Å². The first-order chi connectivity index (χ1) is 9.54. The van der Waals surface area contributed by atoms with Gasteiger partial charge >= 0.3 is 0 Å². The van der Waals surface area contributed by atoms with Gasteiger partial charge in [-0.3, -0.25) is 0 Å². The molecule has 0 aliphatic rings. The van der Waals surface area contributed by atoms with Crippen LogP contribution in [0.25, 0.3) is 11.3 Å². The van der Waals surface area contributed by atoms with E-state index in [4.69, 9.17) is 0 Å². The third kappa shape index (κ3) is 2.76. The van der Waals surface area contributed by atoms with Crippen LogP contribution in [-0.2, 0) is 0 Å². The second-order valence-electron chi connectivity index (χ2n) is 4.62. The summed E-state index contributed by atoms with van der Waals surface area (Å²) in [5.41, 5.74) is 1.48. The monoisotopic (exact) mass is 277 g/mol. The Balaban J connectivity index is 2.62. The number of benzene rings is 1. The number of nitrogens with zero attached hydrogens (tertiary/aromatic N) is 2. The minimum atomic E-state index is -0.637. The van der Waals surface area contributed by atoms with Crippen LogP contribution in [0, 0.1) is 25.5 Å². The average molecular weight is 277 g/mol. The third-order valence-electron chi connectivity index (χ3n) is 3.05. The lowest BCUT2D eigenvalue weighted by atomic mass is 10.1. The summed E-state index contributed by atoms with van der Waals surface area (Å²) in [4.78, 5) is 8.67. The van der Waals surface area contributed by atoms with Crippen LogP contribution in [0.3, 0.4) is 0 Å². The zero-order chi connectivity index (χ0) is 14.7. The molecule has 0 radical (unpaired) electrons. The van der Waals surface area contributed by atoms with E-state index >= 15 is 0 Å². The number of hydrogen-bond donors (Lipinski definition) is 1. The van der Waals surface area contributed by atoms with Crippen molar-refractivity contribution in [2.75, 3.05) is 11.9 Å². The van der Waals surface area contributed by atoms with Gasteiger partial charge in [0.2, 0.25) is 0 Å². The van der Waals surface area contributed by atoms with Gasteiger partial charge in [0.25, 0.3) is 0 Å². The molecule has 1 heterocycles. The third-order valence-corrected chi connectivity index (χ3v) is 3.05. The summed E-state index contributed by atoms with van der Waals surface area (Å²) in [6, 6.07) is 3.78. The summed E-state index contributed by atoms with van der Waals surface area (Å²) >= 11 is 0. The van der Waals surface area contributed by atoms with Crippen molar-refractivity contribution in [2.45, 2.75) is 27.2 Å². The van der Waals surface area contributed by atoms with E-state index in [1.54, 1.807) is 6.92 Å². The smallest absolute Gasteiger partial charge is 0.153 e. The van der Waals surface area contributed by atoms with Gasteiger partial charge in [-0.05, 0) is 32.4 Å². The fourth-order valence-corrected chi connectivity index (χ4v) is 1.87. The van der Waals surface area contributed by atoms with E-state index in [2.05, 4.69) is 15.3 Å². The SMILES string of the molecule is CCCNc1nc(C)c(C)nc1-c1c(F)cccc1F. The molecular weight excluding hydrogens is 260 g/mol. The maximum Gasteiger partial charge on any atom is 0.153 e. The molecule has 2 rings (SSSR count). The molecule has 3 nitrogen and oxygen atoms in total. The van der Waals surface area contributed by atoms with E-state index in [0.29, 0.717) is 18.1 Å². The molecule has 0 saturated carbocycles. The predicted octanol–water partition coefficient (Wildman–Crippen LogP) is 3.86. The first kappa shape index (κ1) is 14.4. The number of anilines is 1. The number of aryl methyl sites for hydroxylation is 2. The largest absolute Gasteiger partial charge is 0.368 e. The highest BCUT2D eigenvalue weighted by Gasteiger charge is 2.18. The van der Waals surface area contributed by atoms with Crippen LogP contribution >= 0.6 is 0 Å². The van der Waals surface area contributed by atoms with E-state index in [9.17, 15) is 8.78 Å². The number of halogens is 2. The molecule has 0 amide bonds.